The second kappa shape index (κ2) is 2.53. The van der Waals surface area contributed by atoms with E-state index in [-0.39, 0.29) is 0 Å². The van der Waals surface area contributed by atoms with E-state index in [0.29, 0.717) is 0 Å². The fourth-order valence-corrected chi connectivity index (χ4v) is 4.40. The molecule has 3 radical (unpaired) electrons. The Hall–Kier alpha value is 1.24. The summed E-state index contributed by atoms with van der Waals surface area (Å²) < 4.78 is 0. The van der Waals surface area contributed by atoms with Gasteiger partial charge in [0, 0.05) is 0 Å². The van der Waals surface area contributed by atoms with E-state index < -0.39 is 0 Å². The standard InChI is InChI=1S/C3H5GeS2/c4-6-3-1-5-2-3/h3H,1-2H2. The second-order valence-electron chi connectivity index (χ2n) is 1.28. The zero-order chi connectivity index (χ0) is 4.41. The molecule has 0 nitrogen and oxygen atoms in total. The van der Waals surface area contributed by atoms with Crippen LogP contribution in [0.1, 0.15) is 0 Å². The Morgan fingerprint density at radius 2 is 2.33 bits per heavy atom. The van der Waals surface area contributed by atoms with Crippen LogP contribution in [0.15, 0.2) is 0 Å². The maximum absolute atomic E-state index is 2.18. The van der Waals surface area contributed by atoms with Gasteiger partial charge in [0.25, 0.3) is 0 Å². The summed E-state index contributed by atoms with van der Waals surface area (Å²) in [4.78, 5) is 0. The minimum atomic E-state index is 0.995. The molecule has 1 heterocycles. The molecule has 1 rings (SSSR count). The molecule has 1 aliphatic rings. The van der Waals surface area contributed by atoms with Crippen LogP contribution in [-0.2, 0) is 0 Å². The molecule has 0 aliphatic carbocycles. The molecule has 0 bridgehead atoms. The third-order valence-electron chi connectivity index (χ3n) is 0.774. The SMILES string of the molecule is [Ge][S]C1CSC1. The Morgan fingerprint density at radius 1 is 1.67 bits per heavy atom. The van der Waals surface area contributed by atoms with Crippen molar-refractivity contribution in [3.63, 3.8) is 0 Å². The molecule has 6 heavy (non-hydrogen) atoms. The van der Waals surface area contributed by atoms with E-state index in [4.69, 9.17) is 0 Å². The summed E-state index contributed by atoms with van der Waals surface area (Å²) in [5.74, 6) is 2.78. The van der Waals surface area contributed by atoms with Crippen molar-refractivity contribution in [3.05, 3.63) is 0 Å². The van der Waals surface area contributed by atoms with Crippen LogP contribution in [0.2, 0.25) is 0 Å². The fourth-order valence-electron chi connectivity index (χ4n) is 0.282. The van der Waals surface area contributed by atoms with Gasteiger partial charge in [-0.15, -0.1) is 0 Å². The summed E-state index contributed by atoms with van der Waals surface area (Å²) in [5, 5.41) is 0.995. The molecule has 0 saturated carbocycles. The molecule has 3 heteroatoms. The third-order valence-corrected chi connectivity index (χ3v) is 5.24. The monoisotopic (exact) mass is 179 g/mol. The van der Waals surface area contributed by atoms with Gasteiger partial charge in [-0.2, -0.15) is 0 Å². The van der Waals surface area contributed by atoms with Crippen molar-refractivity contribution in [2.24, 2.45) is 0 Å². The van der Waals surface area contributed by atoms with Crippen LogP contribution in [-0.4, -0.2) is 32.1 Å². The summed E-state index contributed by atoms with van der Waals surface area (Å²) in [6.45, 7) is 0. The molecule has 1 saturated heterocycles. The van der Waals surface area contributed by atoms with Crippen LogP contribution in [0.5, 0.6) is 0 Å². The van der Waals surface area contributed by atoms with Crippen molar-refractivity contribution in [3.8, 4) is 0 Å². The van der Waals surface area contributed by atoms with Gasteiger partial charge in [0.05, 0.1) is 0 Å². The van der Waals surface area contributed by atoms with Crippen LogP contribution in [0.4, 0.5) is 0 Å². The van der Waals surface area contributed by atoms with Gasteiger partial charge in [0.15, 0.2) is 0 Å². The van der Waals surface area contributed by atoms with Gasteiger partial charge in [0.1, 0.15) is 0 Å². The molecule has 1 aliphatic heterocycles. The number of hydrogen-bond acceptors (Lipinski definition) is 2. The molecule has 1 fully saturated rings. The maximum atomic E-state index is 2.18. The Bertz CT molecular complexity index is 41.3. The second-order valence-corrected chi connectivity index (χ2v) is 4.74. The summed E-state index contributed by atoms with van der Waals surface area (Å²) in [5.41, 5.74) is 0. The van der Waals surface area contributed by atoms with Gasteiger partial charge in [-0.3, -0.25) is 0 Å². The average molecular weight is 178 g/mol. The molecule has 0 aromatic carbocycles. The van der Waals surface area contributed by atoms with Crippen molar-refractivity contribution in [1.82, 2.24) is 0 Å². The molecular formula is C3H5GeS2. The van der Waals surface area contributed by atoms with Gasteiger partial charge in [-0.25, -0.2) is 0 Å². The number of hydrogen-bond donors (Lipinski definition) is 0. The molecule has 0 N–H and O–H groups in total. The first-order chi connectivity index (χ1) is 2.93. The Balaban J connectivity index is 2.01. The topological polar surface area (TPSA) is 0 Å². The number of rotatable bonds is 1. The van der Waals surface area contributed by atoms with Crippen LogP contribution >= 0.6 is 21.8 Å². The fraction of sp³-hybridized carbons (Fsp3) is 1.00. The van der Waals surface area contributed by atoms with Gasteiger partial charge in [-0.1, -0.05) is 0 Å². The third kappa shape index (κ3) is 1.10. The Kier molecular flexibility index (Phi) is 2.27. The van der Waals surface area contributed by atoms with Gasteiger partial charge >= 0.3 is 54.0 Å². The molecule has 33 valence electrons. The molecule has 0 aromatic heterocycles. The average Bonchev–Trinajstić information content (AvgIpc) is 1.31. The molecule has 0 aromatic rings. The van der Waals surface area contributed by atoms with E-state index in [1.165, 1.54) is 11.5 Å². The van der Waals surface area contributed by atoms with Gasteiger partial charge < -0.3 is 0 Å². The summed E-state index contributed by atoms with van der Waals surface area (Å²) in [6, 6.07) is 0. The van der Waals surface area contributed by atoms with Crippen LogP contribution in [0, 0.1) is 0 Å². The zero-order valence-corrected chi connectivity index (χ0v) is 7.04. The van der Waals surface area contributed by atoms with Crippen LogP contribution in [0.3, 0.4) is 0 Å². The quantitative estimate of drug-likeness (QED) is 0.547. The van der Waals surface area contributed by atoms with E-state index >= 15 is 0 Å². The van der Waals surface area contributed by atoms with E-state index in [2.05, 4.69) is 15.4 Å². The molecular weight excluding hydrogens is 173 g/mol. The Labute approximate surface area is 54.1 Å². The first-order valence-corrected chi connectivity index (χ1v) is 6.44. The first-order valence-electron chi connectivity index (χ1n) is 1.83. The van der Waals surface area contributed by atoms with Crippen molar-refractivity contribution in [2.45, 2.75) is 5.25 Å². The van der Waals surface area contributed by atoms with Crippen molar-refractivity contribution in [2.75, 3.05) is 11.5 Å². The summed E-state index contributed by atoms with van der Waals surface area (Å²) >= 11 is 4.23. The van der Waals surface area contributed by atoms with Crippen LogP contribution in [0.25, 0.3) is 0 Å². The minimum absolute atomic E-state index is 0.995. The molecule has 0 spiro atoms. The zero-order valence-electron chi connectivity index (χ0n) is 3.31. The molecule has 0 atom stereocenters. The summed E-state index contributed by atoms with van der Waals surface area (Å²) in [6.07, 6.45) is 0. The van der Waals surface area contributed by atoms with Gasteiger partial charge in [0.2, 0.25) is 0 Å². The van der Waals surface area contributed by atoms with E-state index in [1.54, 1.807) is 0 Å². The van der Waals surface area contributed by atoms with E-state index in [9.17, 15) is 0 Å². The van der Waals surface area contributed by atoms with E-state index in [1.807, 2.05) is 21.8 Å². The van der Waals surface area contributed by atoms with Crippen molar-refractivity contribution >= 4 is 37.2 Å². The van der Waals surface area contributed by atoms with Crippen molar-refractivity contribution in [1.29, 1.82) is 0 Å². The molecule has 0 unspecified atom stereocenters. The Morgan fingerprint density at radius 3 is 2.33 bits per heavy atom. The number of thioether (sulfide) groups is 1. The van der Waals surface area contributed by atoms with Crippen LogP contribution < -0.4 is 0 Å². The summed E-state index contributed by atoms with van der Waals surface area (Å²) in [7, 11) is 1.99. The van der Waals surface area contributed by atoms with E-state index in [0.717, 1.165) is 5.25 Å². The predicted molar refractivity (Wildman–Crippen MR) is 34.5 cm³/mol. The normalized spacial score (nSPS) is 23.5. The van der Waals surface area contributed by atoms with Crippen molar-refractivity contribution < 1.29 is 0 Å². The predicted octanol–water partition coefficient (Wildman–Crippen LogP) is 0.918. The first kappa shape index (κ1) is 5.38. The molecule has 0 amide bonds. The van der Waals surface area contributed by atoms with Gasteiger partial charge in [-0.05, 0) is 0 Å².